The highest BCUT2D eigenvalue weighted by Crippen LogP contribution is 2.39. The zero-order valence-electron chi connectivity index (χ0n) is 15.1. The molecule has 2 fully saturated rings. The highest BCUT2D eigenvalue weighted by atomic mass is 19.1. The quantitative estimate of drug-likeness (QED) is 0.824. The molecule has 2 atom stereocenters. The lowest BCUT2D eigenvalue weighted by Gasteiger charge is -2.53. The summed E-state index contributed by atoms with van der Waals surface area (Å²) in [6.07, 6.45) is 9.15. The van der Waals surface area contributed by atoms with E-state index in [9.17, 15) is 4.39 Å². The largest absolute Gasteiger partial charge is 0.378 e. The van der Waals surface area contributed by atoms with Gasteiger partial charge in [0, 0.05) is 50.4 Å². The molecule has 0 aromatic carbocycles. The van der Waals surface area contributed by atoms with Gasteiger partial charge in [-0.25, -0.2) is 4.39 Å². The summed E-state index contributed by atoms with van der Waals surface area (Å²) in [6, 6.07) is 6.74. The van der Waals surface area contributed by atoms with Crippen molar-refractivity contribution in [3.8, 4) is 0 Å². The molecule has 5 nitrogen and oxygen atoms in total. The number of methoxy groups -OCH3 is 1. The topological polar surface area (TPSA) is 41.5 Å². The van der Waals surface area contributed by atoms with Gasteiger partial charge in [-0.15, -0.1) is 0 Å². The Morgan fingerprint density at radius 3 is 2.65 bits per heavy atom. The van der Waals surface area contributed by atoms with E-state index < -0.39 is 0 Å². The summed E-state index contributed by atoms with van der Waals surface area (Å²) in [5.74, 6) is -0.211. The smallest absolute Gasteiger partial charge is 0.145 e. The molecule has 26 heavy (non-hydrogen) atoms. The molecule has 0 bridgehead atoms. The fraction of sp³-hybridized carbons (Fsp3) is 0.500. The maximum atomic E-state index is 13.8. The number of rotatable bonds is 5. The minimum Gasteiger partial charge on any atom is -0.378 e. The van der Waals surface area contributed by atoms with E-state index in [0.29, 0.717) is 18.6 Å². The first-order valence-corrected chi connectivity index (χ1v) is 9.25. The predicted molar refractivity (Wildman–Crippen MR) is 97.0 cm³/mol. The summed E-state index contributed by atoms with van der Waals surface area (Å²) >= 11 is 0. The summed E-state index contributed by atoms with van der Waals surface area (Å²) in [7, 11) is 1.79. The van der Waals surface area contributed by atoms with E-state index in [2.05, 4.69) is 25.8 Å². The number of likely N-dealkylation sites (tertiary alicyclic amines) is 2. The molecule has 0 amide bonds. The Morgan fingerprint density at radius 1 is 1.15 bits per heavy atom. The van der Waals surface area contributed by atoms with Crippen molar-refractivity contribution in [3.05, 3.63) is 59.9 Å². The predicted octanol–water partition coefficient (Wildman–Crippen LogP) is 2.65. The van der Waals surface area contributed by atoms with Crippen molar-refractivity contribution >= 4 is 0 Å². The van der Waals surface area contributed by atoms with E-state index >= 15 is 0 Å². The van der Waals surface area contributed by atoms with E-state index in [0.717, 1.165) is 38.0 Å². The van der Waals surface area contributed by atoms with E-state index in [1.54, 1.807) is 19.4 Å². The third-order valence-electron chi connectivity index (χ3n) is 5.71. The lowest BCUT2D eigenvalue weighted by molar-refractivity contribution is -0.117. The molecule has 0 spiro atoms. The average molecular weight is 356 g/mol. The van der Waals surface area contributed by atoms with E-state index in [-0.39, 0.29) is 11.9 Å². The third-order valence-corrected chi connectivity index (χ3v) is 5.71. The van der Waals surface area contributed by atoms with Gasteiger partial charge in [-0.3, -0.25) is 19.8 Å². The molecular formula is C20H25FN4O. The van der Waals surface area contributed by atoms with Gasteiger partial charge >= 0.3 is 0 Å². The highest BCUT2D eigenvalue weighted by molar-refractivity contribution is 5.20. The molecule has 138 valence electrons. The lowest BCUT2D eigenvalue weighted by atomic mass is 9.87. The van der Waals surface area contributed by atoms with Crippen LogP contribution < -0.4 is 0 Å². The second kappa shape index (κ2) is 7.78. The highest BCUT2D eigenvalue weighted by Gasteiger charge is 2.44. The Bertz CT molecular complexity index is 721. The van der Waals surface area contributed by atoms with Gasteiger partial charge in [-0.1, -0.05) is 6.07 Å². The van der Waals surface area contributed by atoms with Crippen molar-refractivity contribution < 1.29 is 9.13 Å². The molecule has 2 aromatic heterocycles. The SMILES string of the molecule is CO[C@H]1CN(C2CCN(Cc3ccncc3F)CC2)[C@H]1c1cccnc1. The summed E-state index contributed by atoms with van der Waals surface area (Å²) in [5, 5.41) is 0. The number of hydrogen-bond acceptors (Lipinski definition) is 5. The van der Waals surface area contributed by atoms with Crippen molar-refractivity contribution in [1.29, 1.82) is 0 Å². The van der Waals surface area contributed by atoms with Crippen molar-refractivity contribution in [2.24, 2.45) is 0 Å². The second-order valence-electron chi connectivity index (χ2n) is 7.18. The maximum Gasteiger partial charge on any atom is 0.145 e. The Kier molecular flexibility index (Phi) is 5.24. The van der Waals surface area contributed by atoms with Crippen molar-refractivity contribution in [2.45, 2.75) is 37.6 Å². The second-order valence-corrected chi connectivity index (χ2v) is 7.18. The molecule has 0 aliphatic carbocycles. The van der Waals surface area contributed by atoms with Gasteiger partial charge in [0.1, 0.15) is 5.82 Å². The molecule has 2 aliphatic rings. The van der Waals surface area contributed by atoms with E-state index in [1.165, 1.54) is 11.8 Å². The Hall–Kier alpha value is -1.89. The van der Waals surface area contributed by atoms with Gasteiger partial charge in [-0.05, 0) is 43.6 Å². The van der Waals surface area contributed by atoms with Gasteiger partial charge < -0.3 is 4.74 Å². The monoisotopic (exact) mass is 356 g/mol. The van der Waals surface area contributed by atoms with Gasteiger partial charge in [-0.2, -0.15) is 0 Å². The van der Waals surface area contributed by atoms with Crippen molar-refractivity contribution in [3.63, 3.8) is 0 Å². The van der Waals surface area contributed by atoms with Crippen LogP contribution in [0.25, 0.3) is 0 Å². The number of halogens is 1. The summed E-state index contributed by atoms with van der Waals surface area (Å²) in [4.78, 5) is 13.0. The fourth-order valence-corrected chi connectivity index (χ4v) is 4.22. The zero-order valence-corrected chi connectivity index (χ0v) is 15.1. The van der Waals surface area contributed by atoms with Crippen LogP contribution in [0.4, 0.5) is 4.39 Å². The Labute approximate surface area is 153 Å². The van der Waals surface area contributed by atoms with Gasteiger partial charge in [0.25, 0.3) is 0 Å². The summed E-state index contributed by atoms with van der Waals surface area (Å²) in [6.45, 7) is 3.61. The molecule has 2 aromatic rings. The lowest BCUT2D eigenvalue weighted by Crippen LogP contribution is -2.60. The van der Waals surface area contributed by atoms with Gasteiger partial charge in [0.05, 0.1) is 18.3 Å². The van der Waals surface area contributed by atoms with Crippen molar-refractivity contribution in [2.75, 3.05) is 26.7 Å². The summed E-state index contributed by atoms with van der Waals surface area (Å²) < 4.78 is 19.5. The number of nitrogens with zero attached hydrogens (tertiary/aromatic N) is 4. The van der Waals surface area contributed by atoms with Crippen molar-refractivity contribution in [1.82, 2.24) is 19.8 Å². The molecule has 2 saturated heterocycles. The number of pyridine rings is 2. The maximum absolute atomic E-state index is 13.8. The van der Waals surface area contributed by atoms with Crippen LogP contribution in [0.1, 0.15) is 30.0 Å². The van der Waals surface area contributed by atoms with E-state index in [1.807, 2.05) is 18.5 Å². The van der Waals surface area contributed by atoms with Crippen LogP contribution >= 0.6 is 0 Å². The third kappa shape index (κ3) is 3.49. The number of hydrogen-bond donors (Lipinski definition) is 0. The Balaban J connectivity index is 1.36. The zero-order chi connectivity index (χ0) is 17.9. The van der Waals surface area contributed by atoms with Crippen LogP contribution in [0.2, 0.25) is 0 Å². The average Bonchev–Trinajstić information content (AvgIpc) is 2.65. The molecule has 0 radical (unpaired) electrons. The molecule has 6 heteroatoms. The van der Waals surface area contributed by atoms with Gasteiger partial charge in [0.15, 0.2) is 0 Å². The van der Waals surface area contributed by atoms with E-state index in [4.69, 9.17) is 4.74 Å². The first-order chi connectivity index (χ1) is 12.8. The first-order valence-electron chi connectivity index (χ1n) is 9.25. The van der Waals surface area contributed by atoms with Crippen LogP contribution in [0, 0.1) is 5.82 Å². The fourth-order valence-electron chi connectivity index (χ4n) is 4.22. The standard InChI is InChI=1S/C20H25FN4O/c1-26-19-14-25(20(19)15-3-2-7-22-11-15)17-5-9-24(10-6-17)13-16-4-8-23-12-18(16)21/h2-4,7-8,11-12,17,19-20H,5-6,9-10,13-14H2,1H3/t19-,20-/m0/s1. The molecule has 4 heterocycles. The van der Waals surface area contributed by atoms with Crippen LogP contribution in [-0.4, -0.2) is 58.7 Å². The minimum absolute atomic E-state index is 0.211. The van der Waals surface area contributed by atoms with Crippen LogP contribution in [0.3, 0.4) is 0 Å². The number of aromatic nitrogens is 2. The molecule has 0 saturated carbocycles. The van der Waals surface area contributed by atoms with Crippen LogP contribution in [0.15, 0.2) is 43.0 Å². The van der Waals surface area contributed by atoms with Crippen LogP contribution in [-0.2, 0) is 11.3 Å². The molecule has 4 rings (SSSR count). The molecular weight excluding hydrogens is 331 g/mol. The summed E-state index contributed by atoms with van der Waals surface area (Å²) in [5.41, 5.74) is 1.96. The minimum atomic E-state index is -0.211. The normalized spacial score (nSPS) is 25.2. The molecule has 2 aliphatic heterocycles. The van der Waals surface area contributed by atoms with Crippen LogP contribution in [0.5, 0.6) is 0 Å². The molecule has 0 unspecified atom stereocenters. The number of ether oxygens (including phenoxy) is 1. The molecule has 0 N–H and O–H groups in total. The number of piperidine rings is 1. The van der Waals surface area contributed by atoms with Gasteiger partial charge in [0.2, 0.25) is 0 Å². The Morgan fingerprint density at radius 2 is 1.96 bits per heavy atom. The first kappa shape index (κ1) is 17.5.